The molecule has 152 valence electrons. The van der Waals surface area contributed by atoms with Crippen LogP contribution in [0.1, 0.15) is 11.1 Å². The predicted octanol–water partition coefficient (Wildman–Crippen LogP) is 1.48. The molecule has 0 fully saturated rings. The first-order chi connectivity index (χ1) is 14.5. The van der Waals surface area contributed by atoms with Gasteiger partial charge in [-0.2, -0.15) is 0 Å². The zero-order valence-corrected chi connectivity index (χ0v) is 17.0. The number of pyridine rings is 1. The van der Waals surface area contributed by atoms with Gasteiger partial charge in [0, 0.05) is 32.2 Å². The topological polar surface area (TPSA) is 98.3 Å². The molecule has 0 saturated carbocycles. The van der Waals surface area contributed by atoms with E-state index in [1.54, 1.807) is 19.4 Å². The van der Waals surface area contributed by atoms with Crippen molar-refractivity contribution in [2.45, 2.75) is 23.2 Å². The van der Waals surface area contributed by atoms with Crippen molar-refractivity contribution in [3.63, 3.8) is 0 Å². The molecule has 2 aromatic heterocycles. The molecule has 1 N–H and O–H groups in total. The van der Waals surface area contributed by atoms with Gasteiger partial charge < -0.3 is 5.32 Å². The molecular weight excluding hydrogens is 402 g/mol. The molecule has 8 nitrogen and oxygen atoms in total. The number of carbonyl (C=O) groups is 1. The summed E-state index contributed by atoms with van der Waals surface area (Å²) < 4.78 is 2.52. The summed E-state index contributed by atoms with van der Waals surface area (Å²) in [5, 5.41) is 2.19. The van der Waals surface area contributed by atoms with E-state index in [0.717, 1.165) is 22.9 Å². The van der Waals surface area contributed by atoms with Crippen LogP contribution in [0.5, 0.6) is 0 Å². The predicted molar refractivity (Wildman–Crippen MR) is 115 cm³/mol. The zero-order chi connectivity index (χ0) is 21.1. The van der Waals surface area contributed by atoms with Gasteiger partial charge in [0.05, 0.1) is 6.54 Å². The standard InChI is InChI=1S/C21H19N5O3S/c1-25-18-17(20(28)26(21(25)29)13-15-5-3-2-4-6-15)30-16(12-23-18)19(27)24-11-14-7-9-22-10-8-14/h2-10,12,16H,11,13H2,1H3,(H,24,27). The summed E-state index contributed by atoms with van der Waals surface area (Å²) in [7, 11) is 1.57. The Morgan fingerprint density at radius 3 is 2.57 bits per heavy atom. The van der Waals surface area contributed by atoms with Gasteiger partial charge in [0.25, 0.3) is 5.56 Å². The van der Waals surface area contributed by atoms with Crippen LogP contribution in [0, 0.1) is 0 Å². The minimum absolute atomic E-state index is 0.156. The number of rotatable bonds is 5. The second kappa shape index (κ2) is 8.50. The molecule has 9 heteroatoms. The van der Waals surface area contributed by atoms with Crippen LogP contribution < -0.4 is 16.6 Å². The van der Waals surface area contributed by atoms with Crippen LogP contribution in [0.2, 0.25) is 0 Å². The summed E-state index contributed by atoms with van der Waals surface area (Å²) in [6.07, 6.45) is 4.78. The zero-order valence-electron chi connectivity index (χ0n) is 16.2. The van der Waals surface area contributed by atoms with Gasteiger partial charge in [0.2, 0.25) is 5.91 Å². The number of thioether (sulfide) groups is 1. The van der Waals surface area contributed by atoms with E-state index in [0.29, 0.717) is 11.4 Å². The largest absolute Gasteiger partial charge is 0.351 e. The lowest BCUT2D eigenvalue weighted by Crippen LogP contribution is -2.42. The molecule has 0 bridgehead atoms. The van der Waals surface area contributed by atoms with Crippen LogP contribution in [0.4, 0.5) is 5.82 Å². The third-order valence-corrected chi connectivity index (χ3v) is 5.90. The Kier molecular flexibility index (Phi) is 5.62. The summed E-state index contributed by atoms with van der Waals surface area (Å²) in [6, 6.07) is 12.9. The first-order valence-corrected chi connectivity index (χ1v) is 10.2. The van der Waals surface area contributed by atoms with Crippen molar-refractivity contribution < 1.29 is 4.79 Å². The Balaban J connectivity index is 1.59. The van der Waals surface area contributed by atoms with Crippen LogP contribution in [0.15, 0.2) is 74.3 Å². The highest BCUT2D eigenvalue weighted by molar-refractivity contribution is 8.01. The first kappa shape index (κ1) is 19.8. The van der Waals surface area contributed by atoms with E-state index < -0.39 is 16.5 Å². The molecule has 3 heterocycles. The molecule has 1 atom stereocenters. The minimum Gasteiger partial charge on any atom is -0.351 e. The van der Waals surface area contributed by atoms with Gasteiger partial charge in [-0.15, -0.1) is 0 Å². The lowest BCUT2D eigenvalue weighted by molar-refractivity contribution is -0.119. The van der Waals surface area contributed by atoms with E-state index in [-0.39, 0.29) is 18.3 Å². The molecule has 0 saturated heterocycles. The third kappa shape index (κ3) is 3.97. The maximum absolute atomic E-state index is 13.1. The second-order valence-corrected chi connectivity index (χ2v) is 7.91. The highest BCUT2D eigenvalue weighted by Crippen LogP contribution is 2.32. The van der Waals surface area contributed by atoms with Crippen LogP contribution in [-0.2, 0) is 24.9 Å². The van der Waals surface area contributed by atoms with Gasteiger partial charge in [-0.25, -0.2) is 9.79 Å². The minimum atomic E-state index is -0.658. The van der Waals surface area contributed by atoms with Gasteiger partial charge in [-0.05, 0) is 23.3 Å². The van der Waals surface area contributed by atoms with Crippen LogP contribution in [0.3, 0.4) is 0 Å². The number of nitrogens with one attached hydrogen (secondary N) is 1. The Labute approximate surface area is 176 Å². The second-order valence-electron chi connectivity index (χ2n) is 6.76. The Morgan fingerprint density at radius 1 is 1.10 bits per heavy atom. The van der Waals surface area contributed by atoms with Gasteiger partial charge in [0.1, 0.15) is 10.1 Å². The fourth-order valence-corrected chi connectivity index (χ4v) is 4.16. The Morgan fingerprint density at radius 2 is 1.83 bits per heavy atom. The summed E-state index contributed by atoms with van der Waals surface area (Å²) in [6.45, 7) is 0.507. The van der Waals surface area contributed by atoms with Crippen LogP contribution in [-0.4, -0.2) is 31.5 Å². The van der Waals surface area contributed by atoms with Crippen molar-refractivity contribution in [2.75, 3.05) is 0 Å². The van der Waals surface area contributed by atoms with Crippen molar-refractivity contribution in [1.29, 1.82) is 0 Å². The van der Waals surface area contributed by atoms with Crippen molar-refractivity contribution >= 4 is 29.7 Å². The molecule has 0 spiro atoms. The molecule has 1 aliphatic rings. The van der Waals surface area contributed by atoms with Crippen LogP contribution in [0.25, 0.3) is 0 Å². The number of nitrogens with zero attached hydrogens (tertiary/aromatic N) is 4. The van der Waals surface area contributed by atoms with E-state index in [4.69, 9.17) is 0 Å². The van der Waals surface area contributed by atoms with E-state index in [9.17, 15) is 14.4 Å². The SMILES string of the molecule is Cn1c2c(c(=O)n(Cc3ccccc3)c1=O)SC(C(=O)NCc1ccncc1)C=N2. The van der Waals surface area contributed by atoms with Crippen LogP contribution >= 0.6 is 11.8 Å². The van der Waals surface area contributed by atoms with E-state index >= 15 is 0 Å². The number of amides is 1. The summed E-state index contributed by atoms with van der Waals surface area (Å²) in [5.41, 5.74) is 0.878. The van der Waals surface area contributed by atoms with Gasteiger partial charge in [-0.3, -0.25) is 23.7 Å². The highest BCUT2D eigenvalue weighted by atomic mass is 32.2. The molecule has 1 amide bonds. The van der Waals surface area contributed by atoms with Gasteiger partial charge >= 0.3 is 5.69 Å². The number of benzene rings is 1. The van der Waals surface area contributed by atoms with E-state index in [1.807, 2.05) is 42.5 Å². The molecule has 1 unspecified atom stereocenters. The van der Waals surface area contributed by atoms with Gasteiger partial charge in [0.15, 0.2) is 5.82 Å². The molecular formula is C21H19N5O3S. The molecule has 30 heavy (non-hydrogen) atoms. The maximum Gasteiger partial charge on any atom is 0.332 e. The normalized spacial score (nSPS) is 14.9. The van der Waals surface area contributed by atoms with Crippen molar-refractivity contribution in [3.05, 3.63) is 86.8 Å². The number of fused-ring (bicyclic) bond motifs is 1. The molecule has 0 radical (unpaired) electrons. The summed E-state index contributed by atoms with van der Waals surface area (Å²) in [4.78, 5) is 46.8. The number of carbonyl (C=O) groups excluding carboxylic acids is 1. The lowest BCUT2D eigenvalue weighted by atomic mass is 10.2. The number of hydrogen-bond donors (Lipinski definition) is 1. The van der Waals surface area contributed by atoms with E-state index in [1.165, 1.54) is 15.3 Å². The number of aliphatic imine (C=N–C) groups is 1. The van der Waals surface area contributed by atoms with Crippen molar-refractivity contribution in [2.24, 2.45) is 12.0 Å². The molecule has 0 aliphatic carbocycles. The third-order valence-electron chi connectivity index (χ3n) is 4.71. The average molecular weight is 421 g/mol. The average Bonchev–Trinajstić information content (AvgIpc) is 2.80. The molecule has 1 aliphatic heterocycles. The number of hydrogen-bond acceptors (Lipinski definition) is 6. The van der Waals surface area contributed by atoms with Gasteiger partial charge in [-0.1, -0.05) is 42.1 Å². The van der Waals surface area contributed by atoms with Crippen molar-refractivity contribution in [1.82, 2.24) is 19.4 Å². The summed E-state index contributed by atoms with van der Waals surface area (Å²) >= 11 is 1.11. The Bertz CT molecular complexity index is 1220. The van der Waals surface area contributed by atoms with E-state index in [2.05, 4.69) is 15.3 Å². The number of aromatic nitrogens is 3. The molecule has 4 rings (SSSR count). The first-order valence-electron chi connectivity index (χ1n) is 9.30. The fraction of sp³-hybridized carbons (Fsp3) is 0.190. The fourth-order valence-electron chi connectivity index (χ4n) is 3.09. The van der Waals surface area contributed by atoms with Crippen molar-refractivity contribution in [3.8, 4) is 0 Å². The quantitative estimate of drug-likeness (QED) is 0.673. The Hall–Kier alpha value is -3.46. The highest BCUT2D eigenvalue weighted by Gasteiger charge is 2.28. The molecule has 3 aromatic rings. The summed E-state index contributed by atoms with van der Waals surface area (Å²) in [5.74, 6) is 0.0200. The maximum atomic E-state index is 13.1. The smallest absolute Gasteiger partial charge is 0.332 e. The monoisotopic (exact) mass is 421 g/mol. The lowest BCUT2D eigenvalue weighted by Gasteiger charge is -2.20. The molecule has 1 aromatic carbocycles.